The lowest BCUT2D eigenvalue weighted by Crippen LogP contribution is -2.31. The maximum atomic E-state index is 12.9. The van der Waals surface area contributed by atoms with Crippen LogP contribution in [0.25, 0.3) is 20.8 Å². The summed E-state index contributed by atoms with van der Waals surface area (Å²) in [6.07, 6.45) is 3.90. The minimum atomic E-state index is -3.53. The Morgan fingerprint density at radius 2 is 1.53 bits per heavy atom. The molecule has 2 heterocycles. The van der Waals surface area contributed by atoms with E-state index in [-0.39, 0.29) is 10.8 Å². The van der Waals surface area contributed by atoms with E-state index in [0.717, 1.165) is 46.5 Å². The summed E-state index contributed by atoms with van der Waals surface area (Å²) in [4.78, 5) is 17.6. The van der Waals surface area contributed by atoms with E-state index >= 15 is 0 Å². The van der Waals surface area contributed by atoms with Crippen molar-refractivity contribution < 1.29 is 13.2 Å². The molecule has 1 aliphatic rings. The zero-order chi connectivity index (χ0) is 23.5. The number of nitrogens with zero attached hydrogens (tertiary/aromatic N) is 2. The Morgan fingerprint density at radius 1 is 0.853 bits per heavy atom. The van der Waals surface area contributed by atoms with Crippen molar-refractivity contribution in [1.82, 2.24) is 9.29 Å². The van der Waals surface area contributed by atoms with Crippen LogP contribution in [0.1, 0.15) is 36.0 Å². The second-order valence-electron chi connectivity index (χ2n) is 8.36. The summed E-state index contributed by atoms with van der Waals surface area (Å²) in [5.74, 6) is -0.286. The third kappa shape index (κ3) is 4.75. The van der Waals surface area contributed by atoms with Crippen LogP contribution >= 0.6 is 11.3 Å². The number of amides is 1. The first-order valence-electron chi connectivity index (χ1n) is 11.4. The molecule has 1 amide bonds. The average Bonchev–Trinajstić information content (AvgIpc) is 3.09. The number of carbonyl (C=O) groups excluding carboxylic acids is 1. The van der Waals surface area contributed by atoms with Crippen molar-refractivity contribution in [3.63, 3.8) is 0 Å². The Kier molecular flexibility index (Phi) is 6.45. The number of thiazole rings is 1. The molecule has 0 unspecified atom stereocenters. The van der Waals surface area contributed by atoms with Gasteiger partial charge < -0.3 is 5.32 Å². The van der Waals surface area contributed by atoms with Gasteiger partial charge >= 0.3 is 0 Å². The lowest BCUT2D eigenvalue weighted by molar-refractivity contribution is 0.102. The van der Waals surface area contributed by atoms with Crippen LogP contribution in [-0.4, -0.2) is 36.7 Å². The number of para-hydroxylation sites is 1. The molecule has 6 nitrogen and oxygen atoms in total. The Labute approximate surface area is 203 Å². The number of hydrogen-bond donors (Lipinski definition) is 1. The van der Waals surface area contributed by atoms with Crippen LogP contribution in [0, 0.1) is 0 Å². The fourth-order valence-corrected chi connectivity index (χ4v) is 6.59. The van der Waals surface area contributed by atoms with Gasteiger partial charge in [-0.1, -0.05) is 25.0 Å². The van der Waals surface area contributed by atoms with Crippen LogP contribution in [0.2, 0.25) is 0 Å². The second-order valence-corrected chi connectivity index (χ2v) is 11.3. The molecule has 8 heteroatoms. The number of nitrogens with one attached hydrogen (secondary N) is 1. The first-order valence-corrected chi connectivity index (χ1v) is 13.6. The Balaban J connectivity index is 1.27. The van der Waals surface area contributed by atoms with Gasteiger partial charge in [-0.15, -0.1) is 11.3 Å². The van der Waals surface area contributed by atoms with E-state index in [0.29, 0.717) is 24.3 Å². The summed E-state index contributed by atoms with van der Waals surface area (Å²) in [6.45, 7) is 1.11. The zero-order valence-electron chi connectivity index (χ0n) is 18.6. The number of fused-ring (bicyclic) bond motifs is 1. The third-order valence-corrected chi connectivity index (χ3v) is 9.00. The highest BCUT2D eigenvalue weighted by Gasteiger charge is 2.25. The van der Waals surface area contributed by atoms with Gasteiger partial charge in [0.1, 0.15) is 5.01 Å². The van der Waals surface area contributed by atoms with E-state index in [1.54, 1.807) is 27.8 Å². The van der Waals surface area contributed by atoms with Gasteiger partial charge in [0.25, 0.3) is 5.91 Å². The number of anilines is 1. The van der Waals surface area contributed by atoms with Gasteiger partial charge in [0, 0.05) is 29.9 Å². The van der Waals surface area contributed by atoms with E-state index in [1.165, 1.54) is 12.1 Å². The summed E-state index contributed by atoms with van der Waals surface area (Å²) in [6, 6.07) is 21.7. The summed E-state index contributed by atoms with van der Waals surface area (Å²) in [5, 5.41) is 3.81. The highest BCUT2D eigenvalue weighted by atomic mass is 32.2. The van der Waals surface area contributed by atoms with Crippen LogP contribution in [-0.2, 0) is 10.0 Å². The Morgan fingerprint density at radius 3 is 2.21 bits per heavy atom. The van der Waals surface area contributed by atoms with Crippen molar-refractivity contribution >= 4 is 43.2 Å². The van der Waals surface area contributed by atoms with Crippen molar-refractivity contribution in [3.8, 4) is 10.6 Å². The second kappa shape index (κ2) is 9.66. The molecule has 0 bridgehead atoms. The average molecular weight is 492 g/mol. The smallest absolute Gasteiger partial charge is 0.255 e. The minimum Gasteiger partial charge on any atom is -0.322 e. The molecule has 1 saturated heterocycles. The highest BCUT2D eigenvalue weighted by molar-refractivity contribution is 7.89. The lowest BCUT2D eigenvalue weighted by Gasteiger charge is -2.20. The summed E-state index contributed by atoms with van der Waals surface area (Å²) in [7, 11) is -3.53. The van der Waals surface area contributed by atoms with E-state index < -0.39 is 10.0 Å². The molecule has 34 heavy (non-hydrogen) atoms. The van der Waals surface area contributed by atoms with Crippen LogP contribution in [0.15, 0.2) is 77.7 Å². The molecule has 0 aliphatic carbocycles. The molecule has 1 aromatic heterocycles. The van der Waals surface area contributed by atoms with E-state index in [2.05, 4.69) is 16.4 Å². The number of hydrogen-bond acceptors (Lipinski definition) is 5. The first kappa shape index (κ1) is 22.7. The maximum absolute atomic E-state index is 12.9. The van der Waals surface area contributed by atoms with Gasteiger partial charge in [-0.25, -0.2) is 13.4 Å². The number of rotatable bonds is 5. The fraction of sp³-hybridized carbons (Fsp3) is 0.231. The molecule has 4 aromatic rings. The predicted octanol–water partition coefficient (Wildman–Crippen LogP) is 5.78. The molecule has 1 aliphatic heterocycles. The van der Waals surface area contributed by atoms with Crippen LogP contribution in [0.3, 0.4) is 0 Å². The Hall–Kier alpha value is -3.07. The van der Waals surface area contributed by atoms with Crippen LogP contribution < -0.4 is 5.32 Å². The molecule has 0 atom stereocenters. The number of aromatic nitrogens is 1. The molecule has 0 radical (unpaired) electrons. The molecule has 174 valence electrons. The fourth-order valence-electron chi connectivity index (χ4n) is 4.10. The van der Waals surface area contributed by atoms with Gasteiger partial charge in [0.05, 0.1) is 15.1 Å². The highest BCUT2D eigenvalue weighted by Crippen LogP contribution is 2.30. The lowest BCUT2D eigenvalue weighted by atomic mass is 10.2. The van der Waals surface area contributed by atoms with Gasteiger partial charge in [-0.3, -0.25) is 4.79 Å². The van der Waals surface area contributed by atoms with Crippen molar-refractivity contribution in [3.05, 3.63) is 78.4 Å². The monoisotopic (exact) mass is 491 g/mol. The molecular formula is C26H25N3O3S2. The normalized spacial score (nSPS) is 15.2. The summed E-state index contributed by atoms with van der Waals surface area (Å²) in [5.41, 5.74) is 3.03. The molecule has 1 N–H and O–H groups in total. The topological polar surface area (TPSA) is 79.4 Å². The summed E-state index contributed by atoms with van der Waals surface area (Å²) < 4.78 is 28.6. The molecule has 3 aromatic carbocycles. The zero-order valence-corrected chi connectivity index (χ0v) is 20.2. The van der Waals surface area contributed by atoms with Crippen molar-refractivity contribution in [1.29, 1.82) is 0 Å². The SMILES string of the molecule is O=C(Nc1ccc(-c2nc3ccccc3s2)cc1)c1ccc(S(=O)(=O)N2CCCCCC2)cc1. The van der Waals surface area contributed by atoms with E-state index in [1.807, 2.05) is 42.5 Å². The molecular weight excluding hydrogens is 466 g/mol. The molecule has 5 rings (SSSR count). The summed E-state index contributed by atoms with van der Waals surface area (Å²) >= 11 is 1.63. The van der Waals surface area contributed by atoms with E-state index in [9.17, 15) is 13.2 Å². The standard InChI is InChI=1S/C26H25N3O3S2/c30-25(19-11-15-22(16-12-19)34(31,32)29-17-5-1-2-6-18-29)27-21-13-9-20(10-14-21)26-28-23-7-3-4-8-24(23)33-26/h3-4,7-16H,1-2,5-6,17-18H2,(H,27,30). The quantitative estimate of drug-likeness (QED) is 0.384. The van der Waals surface area contributed by atoms with Crippen molar-refractivity contribution in [2.45, 2.75) is 30.6 Å². The molecule has 0 saturated carbocycles. The minimum absolute atomic E-state index is 0.228. The maximum Gasteiger partial charge on any atom is 0.255 e. The predicted molar refractivity (Wildman–Crippen MR) is 137 cm³/mol. The number of carbonyl (C=O) groups is 1. The van der Waals surface area contributed by atoms with Crippen molar-refractivity contribution in [2.75, 3.05) is 18.4 Å². The molecule has 0 spiro atoms. The largest absolute Gasteiger partial charge is 0.322 e. The van der Waals surface area contributed by atoms with Crippen molar-refractivity contribution in [2.24, 2.45) is 0 Å². The van der Waals surface area contributed by atoms with Gasteiger partial charge in [-0.2, -0.15) is 4.31 Å². The van der Waals surface area contributed by atoms with E-state index in [4.69, 9.17) is 0 Å². The van der Waals surface area contributed by atoms with Gasteiger partial charge in [0.15, 0.2) is 0 Å². The van der Waals surface area contributed by atoms with Crippen LogP contribution in [0.5, 0.6) is 0 Å². The van der Waals surface area contributed by atoms with Crippen LogP contribution in [0.4, 0.5) is 5.69 Å². The van der Waals surface area contributed by atoms with Gasteiger partial charge in [-0.05, 0) is 73.5 Å². The number of benzene rings is 3. The third-order valence-electron chi connectivity index (χ3n) is 6.00. The number of sulfonamides is 1. The van der Waals surface area contributed by atoms with Gasteiger partial charge in [0.2, 0.25) is 10.0 Å². The Bertz CT molecular complexity index is 1370. The molecule has 1 fully saturated rings. The first-order chi connectivity index (χ1) is 16.5.